The predicted molar refractivity (Wildman–Crippen MR) is 120 cm³/mol. The molecule has 2 fully saturated rings. The summed E-state index contributed by atoms with van der Waals surface area (Å²) in [6, 6.07) is 17.7. The Balaban J connectivity index is 1.47. The molecule has 31 heavy (non-hydrogen) atoms. The number of rotatable bonds is 4. The van der Waals surface area contributed by atoms with Crippen LogP contribution in [0.3, 0.4) is 0 Å². The third-order valence-corrected chi connectivity index (χ3v) is 7.02. The van der Waals surface area contributed by atoms with Crippen LogP contribution in [0.25, 0.3) is 21.9 Å². The normalized spacial score (nSPS) is 22.8. The molecule has 2 aliphatic heterocycles. The van der Waals surface area contributed by atoms with Gasteiger partial charge >= 0.3 is 0 Å². The number of carbonyl (C=O) groups is 1. The number of benzene rings is 3. The lowest BCUT2D eigenvalue weighted by Gasteiger charge is -2.24. The first-order valence-electron chi connectivity index (χ1n) is 10.9. The van der Waals surface area contributed by atoms with E-state index in [4.69, 9.17) is 4.74 Å². The molecule has 0 aliphatic carbocycles. The van der Waals surface area contributed by atoms with Gasteiger partial charge in [-0.3, -0.25) is 4.79 Å². The molecule has 2 saturated heterocycles. The van der Waals surface area contributed by atoms with Gasteiger partial charge in [0.2, 0.25) is 0 Å². The Labute approximate surface area is 181 Å². The highest BCUT2D eigenvalue weighted by Crippen LogP contribution is 2.41. The van der Waals surface area contributed by atoms with Crippen LogP contribution in [0.5, 0.6) is 5.75 Å². The molecule has 1 amide bonds. The van der Waals surface area contributed by atoms with Crippen molar-refractivity contribution in [2.75, 3.05) is 32.9 Å². The fraction of sp³-hybridized carbons (Fsp3) is 0.346. The van der Waals surface area contributed by atoms with Gasteiger partial charge in [-0.25, -0.2) is 0 Å². The van der Waals surface area contributed by atoms with E-state index in [1.807, 2.05) is 54.3 Å². The fourth-order valence-electron chi connectivity index (χ4n) is 5.10. The number of nitrogens with zero attached hydrogens (tertiary/aromatic N) is 1. The lowest BCUT2D eigenvalue weighted by atomic mass is 9.82. The second-order valence-electron chi connectivity index (χ2n) is 8.86. The van der Waals surface area contributed by atoms with Gasteiger partial charge in [0, 0.05) is 30.0 Å². The highest BCUT2D eigenvalue weighted by Gasteiger charge is 2.51. The number of phenolic OH excluding ortho intramolecular Hbond substituents is 1. The van der Waals surface area contributed by atoms with E-state index >= 15 is 0 Å². The molecule has 2 aliphatic rings. The van der Waals surface area contributed by atoms with E-state index in [0.717, 1.165) is 33.9 Å². The van der Waals surface area contributed by atoms with Crippen LogP contribution in [0.1, 0.15) is 22.8 Å². The Morgan fingerprint density at radius 3 is 2.84 bits per heavy atom. The molecule has 5 nitrogen and oxygen atoms in total. The summed E-state index contributed by atoms with van der Waals surface area (Å²) in [5, 5.41) is 22.0. The number of hydrogen-bond donors (Lipinski definition) is 2. The van der Waals surface area contributed by atoms with Crippen molar-refractivity contribution in [3.05, 3.63) is 65.7 Å². The quantitative estimate of drug-likeness (QED) is 0.676. The van der Waals surface area contributed by atoms with Gasteiger partial charge in [0.15, 0.2) is 0 Å². The Bertz CT molecular complexity index is 1160. The van der Waals surface area contributed by atoms with Crippen LogP contribution < -0.4 is 0 Å². The van der Waals surface area contributed by atoms with E-state index < -0.39 is 0 Å². The second kappa shape index (κ2) is 7.66. The number of aliphatic hydroxyl groups excluding tert-OH is 1. The molecule has 160 valence electrons. The minimum absolute atomic E-state index is 0.00688. The van der Waals surface area contributed by atoms with Crippen molar-refractivity contribution in [2.45, 2.75) is 13.3 Å². The maximum atomic E-state index is 13.2. The van der Waals surface area contributed by atoms with Gasteiger partial charge in [-0.1, -0.05) is 37.3 Å². The summed E-state index contributed by atoms with van der Waals surface area (Å²) in [7, 11) is 0. The van der Waals surface area contributed by atoms with Crippen molar-refractivity contribution < 1.29 is 19.7 Å². The summed E-state index contributed by atoms with van der Waals surface area (Å²) in [6.07, 6.45) is 0.764. The summed E-state index contributed by atoms with van der Waals surface area (Å²) >= 11 is 0. The lowest BCUT2D eigenvalue weighted by molar-refractivity contribution is 0.0631. The summed E-state index contributed by atoms with van der Waals surface area (Å²) in [4.78, 5) is 15.1. The Kier molecular flexibility index (Phi) is 4.95. The van der Waals surface area contributed by atoms with E-state index in [1.54, 1.807) is 6.07 Å². The molecule has 0 bridgehead atoms. The standard InChI is InChI=1S/C26H27NO4/c1-2-17-10-19(7-9-24(17)29)22-5-3-4-18-11-20(6-8-23(18)22)25(30)27-12-21-13-31-16-26(21,14-27)15-28/h3-11,21,28-29H,2,12-16H2,1H3/t21-,26-/m0/s1. The molecule has 5 heteroatoms. The van der Waals surface area contributed by atoms with Crippen LogP contribution in [0.2, 0.25) is 0 Å². The molecule has 0 spiro atoms. The van der Waals surface area contributed by atoms with Crippen LogP contribution in [0.4, 0.5) is 0 Å². The first-order valence-corrected chi connectivity index (χ1v) is 10.9. The van der Waals surface area contributed by atoms with E-state index in [2.05, 4.69) is 6.07 Å². The van der Waals surface area contributed by atoms with Crippen LogP contribution in [-0.4, -0.2) is 53.9 Å². The number of amides is 1. The Hall–Kier alpha value is -2.89. The smallest absolute Gasteiger partial charge is 0.253 e. The molecule has 0 aromatic heterocycles. The van der Waals surface area contributed by atoms with Gasteiger partial charge in [0.05, 0.1) is 19.8 Å². The molecule has 2 heterocycles. The van der Waals surface area contributed by atoms with Gasteiger partial charge < -0.3 is 19.8 Å². The van der Waals surface area contributed by atoms with Gasteiger partial charge in [0.1, 0.15) is 5.75 Å². The number of phenols is 1. The van der Waals surface area contributed by atoms with E-state index in [9.17, 15) is 15.0 Å². The molecule has 3 aromatic carbocycles. The van der Waals surface area contributed by atoms with Crippen molar-refractivity contribution in [3.63, 3.8) is 0 Å². The van der Waals surface area contributed by atoms with Gasteiger partial charge in [-0.2, -0.15) is 0 Å². The second-order valence-corrected chi connectivity index (χ2v) is 8.86. The van der Waals surface area contributed by atoms with Crippen molar-refractivity contribution in [3.8, 4) is 16.9 Å². The Morgan fingerprint density at radius 2 is 2.06 bits per heavy atom. The number of carbonyl (C=O) groups excluding carboxylic acids is 1. The first kappa shape index (κ1) is 20.0. The zero-order chi connectivity index (χ0) is 21.6. The van der Waals surface area contributed by atoms with Crippen LogP contribution in [-0.2, 0) is 11.2 Å². The maximum absolute atomic E-state index is 13.2. The summed E-state index contributed by atoms with van der Waals surface area (Å²) in [6.45, 7) is 4.38. The zero-order valence-electron chi connectivity index (χ0n) is 17.7. The van der Waals surface area contributed by atoms with Crippen LogP contribution >= 0.6 is 0 Å². The number of hydrogen-bond acceptors (Lipinski definition) is 4. The highest BCUT2D eigenvalue weighted by molar-refractivity contribution is 6.03. The van der Waals surface area contributed by atoms with Crippen molar-refractivity contribution in [1.82, 2.24) is 4.90 Å². The van der Waals surface area contributed by atoms with Gasteiger partial charge in [-0.15, -0.1) is 0 Å². The Morgan fingerprint density at radius 1 is 1.19 bits per heavy atom. The monoisotopic (exact) mass is 417 g/mol. The van der Waals surface area contributed by atoms with Gasteiger partial charge in [0.25, 0.3) is 5.91 Å². The highest BCUT2D eigenvalue weighted by atomic mass is 16.5. The largest absolute Gasteiger partial charge is 0.508 e. The molecule has 0 unspecified atom stereocenters. The lowest BCUT2D eigenvalue weighted by Crippen LogP contribution is -2.36. The summed E-state index contributed by atoms with van der Waals surface area (Å²) < 4.78 is 5.56. The average molecular weight is 418 g/mol. The van der Waals surface area contributed by atoms with Crippen molar-refractivity contribution in [2.24, 2.45) is 11.3 Å². The van der Waals surface area contributed by atoms with E-state index in [-0.39, 0.29) is 23.8 Å². The zero-order valence-corrected chi connectivity index (χ0v) is 17.7. The third kappa shape index (κ3) is 3.29. The molecule has 2 atom stereocenters. The SMILES string of the molecule is CCc1cc(-c2cccc3cc(C(=O)N4C[C@H]5COC[C@@]5(CO)C4)ccc23)ccc1O. The number of ether oxygens (including phenoxy) is 1. The van der Waals surface area contributed by atoms with Crippen molar-refractivity contribution >= 4 is 16.7 Å². The fourth-order valence-corrected chi connectivity index (χ4v) is 5.10. The van der Waals surface area contributed by atoms with Crippen LogP contribution in [0, 0.1) is 11.3 Å². The molecule has 0 saturated carbocycles. The third-order valence-electron chi connectivity index (χ3n) is 7.02. The average Bonchev–Trinajstić information content (AvgIpc) is 3.36. The molecule has 0 radical (unpaired) electrons. The first-order chi connectivity index (χ1) is 15.0. The van der Waals surface area contributed by atoms with Crippen molar-refractivity contribution in [1.29, 1.82) is 0 Å². The number of likely N-dealkylation sites (tertiary alicyclic amines) is 1. The van der Waals surface area contributed by atoms with E-state index in [0.29, 0.717) is 37.6 Å². The van der Waals surface area contributed by atoms with Gasteiger partial charge in [-0.05, 0) is 58.1 Å². The number of aliphatic hydroxyl groups is 1. The summed E-state index contributed by atoms with van der Waals surface area (Å²) in [5.74, 6) is 0.531. The minimum atomic E-state index is -0.310. The molecule has 2 N–H and O–H groups in total. The number of fused-ring (bicyclic) bond motifs is 2. The maximum Gasteiger partial charge on any atom is 0.253 e. The summed E-state index contributed by atoms with van der Waals surface area (Å²) in [5.41, 5.74) is 3.41. The number of aromatic hydroxyl groups is 1. The van der Waals surface area contributed by atoms with Crippen LogP contribution in [0.15, 0.2) is 54.6 Å². The van der Waals surface area contributed by atoms with E-state index in [1.165, 1.54) is 0 Å². The topological polar surface area (TPSA) is 70.0 Å². The number of aryl methyl sites for hydroxylation is 1. The molecular weight excluding hydrogens is 390 g/mol. The molecular formula is C26H27NO4. The predicted octanol–water partition coefficient (Wildman–Crippen LogP) is 3.86. The molecule has 3 aromatic rings. The molecule has 5 rings (SSSR count). The minimum Gasteiger partial charge on any atom is -0.508 e.